The fourth-order valence-electron chi connectivity index (χ4n) is 0.798. The van der Waals surface area contributed by atoms with Crippen LogP contribution in [-0.2, 0) is 5.75 Å². The first kappa shape index (κ1) is 7.82. The summed E-state index contributed by atoms with van der Waals surface area (Å²) in [5.41, 5.74) is 0. The van der Waals surface area contributed by atoms with Crippen LogP contribution in [0.25, 0.3) is 0 Å². The second-order valence-corrected chi connectivity index (χ2v) is 4.15. The zero-order valence-electron chi connectivity index (χ0n) is 6.23. The van der Waals surface area contributed by atoms with Crippen molar-refractivity contribution < 1.29 is 0 Å². The molecule has 0 aliphatic heterocycles. The van der Waals surface area contributed by atoms with Crippen LogP contribution in [0.1, 0.15) is 4.88 Å². The fraction of sp³-hybridized carbons (Fsp3) is 0.143. The summed E-state index contributed by atoms with van der Waals surface area (Å²) in [5, 5.41) is 9.53. The van der Waals surface area contributed by atoms with Crippen molar-refractivity contribution in [2.24, 2.45) is 0 Å². The lowest BCUT2D eigenvalue weighted by molar-refractivity contribution is 0.973. The molecule has 0 fully saturated rings. The van der Waals surface area contributed by atoms with E-state index in [1.54, 1.807) is 23.1 Å². The Hall–Kier alpha value is -0.810. The number of nitrogens with zero attached hydrogens (tertiary/aromatic N) is 2. The van der Waals surface area contributed by atoms with Crippen molar-refractivity contribution >= 4 is 23.1 Å². The van der Waals surface area contributed by atoms with E-state index in [1.807, 2.05) is 0 Å². The Balaban J connectivity index is 1.91. The van der Waals surface area contributed by atoms with Gasteiger partial charge in [-0.15, -0.1) is 11.3 Å². The summed E-state index contributed by atoms with van der Waals surface area (Å²) >= 11 is 3.43. The molecule has 2 aromatic heterocycles. The number of rotatable bonds is 3. The van der Waals surface area contributed by atoms with E-state index in [2.05, 4.69) is 32.7 Å². The molecule has 5 heteroatoms. The molecular formula is C7H7N3S2. The van der Waals surface area contributed by atoms with Gasteiger partial charge in [0.25, 0.3) is 0 Å². The van der Waals surface area contributed by atoms with Crippen molar-refractivity contribution in [3.8, 4) is 0 Å². The van der Waals surface area contributed by atoms with Crippen molar-refractivity contribution in [2.75, 3.05) is 0 Å². The highest BCUT2D eigenvalue weighted by molar-refractivity contribution is 7.98. The van der Waals surface area contributed by atoms with Gasteiger partial charge in [0.05, 0.1) is 0 Å². The molecule has 3 nitrogen and oxygen atoms in total. The van der Waals surface area contributed by atoms with Crippen LogP contribution in [0.5, 0.6) is 0 Å². The van der Waals surface area contributed by atoms with Gasteiger partial charge in [-0.2, -0.15) is 5.10 Å². The minimum atomic E-state index is 0.878. The van der Waals surface area contributed by atoms with E-state index in [-0.39, 0.29) is 0 Å². The molecule has 0 unspecified atom stereocenters. The molecule has 0 aliphatic carbocycles. The number of thiophene rings is 1. The number of nitrogens with one attached hydrogen (secondary N) is 1. The third-order valence-electron chi connectivity index (χ3n) is 1.32. The predicted molar refractivity (Wildman–Crippen MR) is 50.3 cm³/mol. The maximum Gasteiger partial charge on any atom is 0.183 e. The van der Waals surface area contributed by atoms with Gasteiger partial charge < -0.3 is 0 Å². The third kappa shape index (κ3) is 1.86. The van der Waals surface area contributed by atoms with Crippen LogP contribution in [-0.4, -0.2) is 15.2 Å². The summed E-state index contributed by atoms with van der Waals surface area (Å²) in [6, 6.07) is 4.18. The Labute approximate surface area is 78.2 Å². The molecule has 12 heavy (non-hydrogen) atoms. The topological polar surface area (TPSA) is 41.6 Å². The van der Waals surface area contributed by atoms with Crippen LogP contribution in [0.3, 0.4) is 0 Å². The van der Waals surface area contributed by atoms with Crippen LogP contribution < -0.4 is 0 Å². The third-order valence-corrected chi connectivity index (χ3v) is 3.31. The summed E-state index contributed by atoms with van der Waals surface area (Å²) in [6.07, 6.45) is 1.52. The zero-order chi connectivity index (χ0) is 8.23. The van der Waals surface area contributed by atoms with Crippen molar-refractivity contribution in [2.45, 2.75) is 10.9 Å². The smallest absolute Gasteiger partial charge is 0.183 e. The quantitative estimate of drug-likeness (QED) is 0.767. The van der Waals surface area contributed by atoms with Gasteiger partial charge >= 0.3 is 0 Å². The Morgan fingerprint density at radius 2 is 2.58 bits per heavy atom. The maximum atomic E-state index is 4.02. The monoisotopic (exact) mass is 197 g/mol. The molecule has 0 saturated carbocycles. The van der Waals surface area contributed by atoms with E-state index in [0.29, 0.717) is 0 Å². The van der Waals surface area contributed by atoms with Crippen LogP contribution in [0.15, 0.2) is 29.0 Å². The highest BCUT2D eigenvalue weighted by Crippen LogP contribution is 2.20. The number of hydrogen-bond acceptors (Lipinski definition) is 4. The Kier molecular flexibility index (Phi) is 2.43. The summed E-state index contributed by atoms with van der Waals surface area (Å²) in [7, 11) is 0. The highest BCUT2D eigenvalue weighted by atomic mass is 32.2. The molecule has 0 aliphatic rings. The molecule has 1 N–H and O–H groups in total. The average molecular weight is 197 g/mol. The molecule has 2 heterocycles. The average Bonchev–Trinajstić information content (AvgIpc) is 2.74. The molecule has 62 valence electrons. The molecule has 0 bridgehead atoms. The SMILES string of the molecule is c1csc(CSc2ncn[nH]2)c1. The lowest BCUT2D eigenvalue weighted by Crippen LogP contribution is -1.76. The van der Waals surface area contributed by atoms with Gasteiger partial charge in [-0.25, -0.2) is 4.98 Å². The minimum Gasteiger partial charge on any atom is -0.254 e. The Bertz CT molecular complexity index is 280. The number of aromatic amines is 1. The second-order valence-electron chi connectivity index (χ2n) is 2.16. The van der Waals surface area contributed by atoms with Gasteiger partial charge in [-0.05, 0) is 11.4 Å². The van der Waals surface area contributed by atoms with Crippen LogP contribution in [0, 0.1) is 0 Å². The van der Waals surface area contributed by atoms with Gasteiger partial charge in [-0.3, -0.25) is 5.10 Å². The van der Waals surface area contributed by atoms with E-state index in [9.17, 15) is 0 Å². The van der Waals surface area contributed by atoms with Gasteiger partial charge in [0, 0.05) is 10.6 Å². The molecule has 0 saturated heterocycles. The second kappa shape index (κ2) is 3.73. The van der Waals surface area contributed by atoms with Gasteiger partial charge in [0.15, 0.2) is 5.16 Å². The molecule has 0 atom stereocenters. The normalized spacial score (nSPS) is 10.3. The lowest BCUT2D eigenvalue weighted by Gasteiger charge is -1.91. The standard InChI is InChI=1S/C7H7N3S2/c1-2-6(11-3-1)4-12-7-8-5-9-10-7/h1-3,5H,4H2,(H,8,9,10). The predicted octanol–water partition coefficient (Wildman–Crippen LogP) is 2.16. The van der Waals surface area contributed by atoms with Crippen LogP contribution >= 0.6 is 23.1 Å². The molecule has 0 spiro atoms. The molecule has 0 radical (unpaired) electrons. The van der Waals surface area contributed by atoms with E-state index in [0.717, 1.165) is 10.9 Å². The Morgan fingerprint density at radius 3 is 3.25 bits per heavy atom. The molecule has 0 amide bonds. The maximum absolute atomic E-state index is 4.02. The van der Waals surface area contributed by atoms with Gasteiger partial charge in [0.1, 0.15) is 6.33 Å². The first-order chi connectivity index (χ1) is 5.95. The first-order valence-corrected chi connectivity index (χ1v) is 5.32. The van der Waals surface area contributed by atoms with Crippen molar-refractivity contribution in [3.63, 3.8) is 0 Å². The number of thioether (sulfide) groups is 1. The summed E-state index contributed by atoms with van der Waals surface area (Å²) in [6.45, 7) is 0. The summed E-state index contributed by atoms with van der Waals surface area (Å²) < 4.78 is 0. The fourth-order valence-corrected chi connectivity index (χ4v) is 2.35. The zero-order valence-corrected chi connectivity index (χ0v) is 7.86. The number of H-pyrrole nitrogens is 1. The van der Waals surface area contributed by atoms with E-state index in [4.69, 9.17) is 0 Å². The molecule has 0 aromatic carbocycles. The van der Waals surface area contributed by atoms with Gasteiger partial charge in [0.2, 0.25) is 0 Å². The summed E-state index contributed by atoms with van der Waals surface area (Å²) in [5.74, 6) is 0.965. The van der Waals surface area contributed by atoms with E-state index >= 15 is 0 Å². The number of hydrogen-bond donors (Lipinski definition) is 1. The Morgan fingerprint density at radius 1 is 1.58 bits per heavy atom. The summed E-state index contributed by atoms with van der Waals surface area (Å²) in [4.78, 5) is 5.37. The largest absolute Gasteiger partial charge is 0.254 e. The minimum absolute atomic E-state index is 0.878. The van der Waals surface area contributed by atoms with Crippen molar-refractivity contribution in [3.05, 3.63) is 28.7 Å². The van der Waals surface area contributed by atoms with Crippen LogP contribution in [0.4, 0.5) is 0 Å². The lowest BCUT2D eigenvalue weighted by atomic mass is 10.5. The van der Waals surface area contributed by atoms with Gasteiger partial charge in [-0.1, -0.05) is 17.8 Å². The van der Waals surface area contributed by atoms with Crippen molar-refractivity contribution in [1.82, 2.24) is 15.2 Å². The molecule has 2 rings (SSSR count). The first-order valence-electron chi connectivity index (χ1n) is 3.46. The van der Waals surface area contributed by atoms with Crippen molar-refractivity contribution in [1.29, 1.82) is 0 Å². The highest BCUT2D eigenvalue weighted by Gasteiger charge is 1.97. The van der Waals surface area contributed by atoms with Crippen LogP contribution in [0.2, 0.25) is 0 Å². The molecule has 2 aromatic rings. The van der Waals surface area contributed by atoms with E-state index in [1.165, 1.54) is 11.2 Å². The molecular weight excluding hydrogens is 190 g/mol. The number of aromatic nitrogens is 3. The van der Waals surface area contributed by atoms with E-state index < -0.39 is 0 Å².